The molecule has 0 fully saturated rings. The third-order valence-electron chi connectivity index (χ3n) is 6.13. The summed E-state index contributed by atoms with van der Waals surface area (Å²) in [6, 6.07) is 19.7. The average Bonchev–Trinajstić information content (AvgIpc) is 3.28. The Morgan fingerprint density at radius 2 is 1.84 bits per heavy atom. The number of hydrogen-bond donors (Lipinski definition) is 4. The molecule has 11 heteroatoms. The first-order valence-corrected chi connectivity index (χ1v) is 13.5. The summed E-state index contributed by atoms with van der Waals surface area (Å²) in [5.74, 6) is 0.211. The number of hydrogen-bond acceptors (Lipinski definition) is 7. The molecule has 1 heterocycles. The Morgan fingerprint density at radius 1 is 1.08 bits per heavy atom. The lowest BCUT2D eigenvalue weighted by atomic mass is 9.99. The van der Waals surface area contributed by atoms with E-state index in [0.717, 1.165) is 11.9 Å². The van der Waals surface area contributed by atoms with Crippen molar-refractivity contribution in [3.8, 4) is 5.75 Å². The number of carboxylic acid groups (broad SMARTS) is 1. The van der Waals surface area contributed by atoms with Crippen molar-refractivity contribution in [3.05, 3.63) is 84.7 Å². The number of sulfonamides is 1. The van der Waals surface area contributed by atoms with Gasteiger partial charge in [-0.15, -0.1) is 0 Å². The number of nitrogens with zero attached hydrogens (tertiary/aromatic N) is 2. The lowest BCUT2D eigenvalue weighted by Gasteiger charge is -2.28. The standard InChI is InChI=1S/C27H30N4O6S/c1-27(2,13-14-31-18-28-23-16-21(37-26(33)34)11-12-24(23)31)29-17-25(32)19-7-6-8-20(15-19)30-38(35,36)22-9-4-3-5-10-22/h3-12,15-16,18,25,29-30,32H,13-14,17H2,1-2H3,(H,33,34). The van der Waals surface area contributed by atoms with Crippen LogP contribution in [-0.2, 0) is 16.6 Å². The van der Waals surface area contributed by atoms with Gasteiger partial charge in [0.05, 0.1) is 28.4 Å². The number of ether oxygens (including phenoxy) is 1. The first-order valence-electron chi connectivity index (χ1n) is 12.0. The van der Waals surface area contributed by atoms with Crippen LogP contribution in [0.25, 0.3) is 11.0 Å². The molecule has 0 aliphatic carbocycles. The minimum Gasteiger partial charge on any atom is -0.449 e. The van der Waals surface area contributed by atoms with E-state index in [4.69, 9.17) is 5.11 Å². The summed E-state index contributed by atoms with van der Waals surface area (Å²) in [5.41, 5.74) is 2.10. The van der Waals surface area contributed by atoms with E-state index in [2.05, 4.69) is 19.8 Å². The Balaban J connectivity index is 1.34. The molecule has 10 nitrogen and oxygen atoms in total. The summed E-state index contributed by atoms with van der Waals surface area (Å²) in [6.07, 6.45) is 0.189. The number of fused-ring (bicyclic) bond motifs is 1. The maximum Gasteiger partial charge on any atom is 0.511 e. The topological polar surface area (TPSA) is 143 Å². The van der Waals surface area contributed by atoms with Crippen LogP contribution in [-0.4, -0.2) is 46.4 Å². The van der Waals surface area contributed by atoms with Crippen LogP contribution in [0.1, 0.15) is 31.9 Å². The van der Waals surface area contributed by atoms with E-state index in [0.29, 0.717) is 23.3 Å². The van der Waals surface area contributed by atoms with Gasteiger partial charge in [-0.1, -0.05) is 30.3 Å². The van der Waals surface area contributed by atoms with Crippen LogP contribution in [0.4, 0.5) is 10.5 Å². The van der Waals surface area contributed by atoms with E-state index < -0.39 is 22.3 Å². The van der Waals surface area contributed by atoms with Gasteiger partial charge in [0.15, 0.2) is 0 Å². The molecule has 1 atom stereocenters. The Hall–Kier alpha value is -3.93. The molecule has 4 aromatic rings. The number of aryl methyl sites for hydroxylation is 1. The Kier molecular flexibility index (Phi) is 8.00. The van der Waals surface area contributed by atoms with Crippen LogP contribution in [0.3, 0.4) is 0 Å². The van der Waals surface area contributed by atoms with Gasteiger partial charge in [-0.25, -0.2) is 18.2 Å². The first-order chi connectivity index (χ1) is 18.0. The molecule has 0 aliphatic heterocycles. The number of imidazole rings is 1. The van der Waals surface area contributed by atoms with Crippen molar-refractivity contribution >= 4 is 32.9 Å². The van der Waals surface area contributed by atoms with Gasteiger partial charge in [0.25, 0.3) is 10.0 Å². The average molecular weight is 539 g/mol. The second-order valence-corrected chi connectivity index (χ2v) is 11.2. The highest BCUT2D eigenvalue weighted by molar-refractivity contribution is 7.92. The van der Waals surface area contributed by atoms with Crippen molar-refractivity contribution in [2.45, 2.75) is 43.4 Å². The monoisotopic (exact) mass is 538 g/mol. The number of benzene rings is 3. The molecule has 1 unspecified atom stereocenters. The molecule has 0 radical (unpaired) electrons. The van der Waals surface area contributed by atoms with Crippen molar-refractivity contribution in [2.24, 2.45) is 0 Å². The second kappa shape index (κ2) is 11.2. The van der Waals surface area contributed by atoms with E-state index in [-0.39, 0.29) is 22.7 Å². The number of aliphatic hydroxyl groups excluding tert-OH is 1. The Labute approximate surface area is 221 Å². The van der Waals surface area contributed by atoms with Gasteiger partial charge in [0, 0.05) is 30.4 Å². The summed E-state index contributed by atoms with van der Waals surface area (Å²) < 4.78 is 34.5. The zero-order valence-corrected chi connectivity index (χ0v) is 21.9. The molecule has 200 valence electrons. The fourth-order valence-corrected chi connectivity index (χ4v) is 5.06. The molecule has 0 saturated carbocycles. The van der Waals surface area contributed by atoms with Gasteiger partial charge in [-0.2, -0.15) is 0 Å². The van der Waals surface area contributed by atoms with Gasteiger partial charge in [0.2, 0.25) is 0 Å². The zero-order valence-electron chi connectivity index (χ0n) is 21.0. The van der Waals surface area contributed by atoms with Gasteiger partial charge in [-0.05, 0) is 62.2 Å². The Morgan fingerprint density at radius 3 is 2.58 bits per heavy atom. The van der Waals surface area contributed by atoms with Crippen LogP contribution in [0, 0.1) is 0 Å². The molecular weight excluding hydrogens is 508 g/mol. The quantitative estimate of drug-likeness (QED) is 0.163. The number of aromatic nitrogens is 2. The van der Waals surface area contributed by atoms with E-state index in [1.807, 2.05) is 18.4 Å². The fraction of sp³-hybridized carbons (Fsp3) is 0.259. The number of rotatable bonds is 11. The van der Waals surface area contributed by atoms with Crippen molar-refractivity contribution in [1.82, 2.24) is 14.9 Å². The first kappa shape index (κ1) is 27.1. The van der Waals surface area contributed by atoms with Crippen molar-refractivity contribution in [2.75, 3.05) is 11.3 Å². The minimum absolute atomic E-state index is 0.161. The number of β-amino-alcohol motifs (C(OH)–C–C–N with tert-alkyl or cyclic N) is 1. The van der Waals surface area contributed by atoms with Crippen LogP contribution < -0.4 is 14.8 Å². The predicted octanol–water partition coefficient (Wildman–Crippen LogP) is 4.39. The smallest absolute Gasteiger partial charge is 0.449 e. The summed E-state index contributed by atoms with van der Waals surface area (Å²) in [4.78, 5) is 15.2. The maximum atomic E-state index is 12.6. The normalized spacial score (nSPS) is 12.8. The number of nitrogens with one attached hydrogen (secondary N) is 2. The van der Waals surface area contributed by atoms with Crippen LogP contribution in [0.2, 0.25) is 0 Å². The van der Waals surface area contributed by atoms with Crippen LogP contribution in [0.15, 0.2) is 84.0 Å². The number of aliphatic hydroxyl groups is 1. The summed E-state index contributed by atoms with van der Waals surface area (Å²) >= 11 is 0. The van der Waals surface area contributed by atoms with Crippen molar-refractivity contribution in [3.63, 3.8) is 0 Å². The highest BCUT2D eigenvalue weighted by atomic mass is 32.2. The van der Waals surface area contributed by atoms with E-state index in [9.17, 15) is 18.3 Å². The molecular formula is C27H30N4O6S. The fourth-order valence-electron chi connectivity index (χ4n) is 3.99. The molecule has 3 aromatic carbocycles. The number of anilines is 1. The third kappa shape index (κ3) is 6.88. The van der Waals surface area contributed by atoms with Crippen LogP contribution in [0.5, 0.6) is 5.75 Å². The van der Waals surface area contributed by atoms with Gasteiger partial charge in [0.1, 0.15) is 5.75 Å². The summed E-state index contributed by atoms with van der Waals surface area (Å²) in [5, 5.41) is 23.0. The molecule has 4 N–H and O–H groups in total. The molecule has 0 spiro atoms. The third-order valence-corrected chi connectivity index (χ3v) is 7.52. The lowest BCUT2D eigenvalue weighted by molar-refractivity contribution is 0.144. The lowest BCUT2D eigenvalue weighted by Crippen LogP contribution is -2.42. The van der Waals surface area contributed by atoms with Gasteiger partial charge < -0.3 is 24.8 Å². The maximum absolute atomic E-state index is 12.6. The SMILES string of the molecule is CC(C)(CCn1cnc2cc(OC(=O)O)ccc21)NCC(O)c1cccc(NS(=O)(=O)c2ccccc2)c1. The second-order valence-electron chi connectivity index (χ2n) is 9.53. The largest absolute Gasteiger partial charge is 0.511 e. The number of carbonyl (C=O) groups is 1. The van der Waals surface area contributed by atoms with Crippen molar-refractivity contribution in [1.29, 1.82) is 0 Å². The molecule has 0 saturated heterocycles. The van der Waals surface area contributed by atoms with E-state index in [1.54, 1.807) is 67.0 Å². The summed E-state index contributed by atoms with van der Waals surface area (Å²) in [7, 11) is -3.73. The molecule has 0 aliphatic rings. The summed E-state index contributed by atoms with van der Waals surface area (Å²) in [6.45, 7) is 4.97. The van der Waals surface area contributed by atoms with E-state index >= 15 is 0 Å². The molecule has 1 aromatic heterocycles. The van der Waals surface area contributed by atoms with E-state index in [1.165, 1.54) is 12.1 Å². The van der Waals surface area contributed by atoms with Gasteiger partial charge >= 0.3 is 6.16 Å². The highest BCUT2D eigenvalue weighted by Crippen LogP contribution is 2.23. The molecule has 4 rings (SSSR count). The minimum atomic E-state index is -3.73. The van der Waals surface area contributed by atoms with Crippen molar-refractivity contribution < 1.29 is 28.2 Å². The molecule has 0 bridgehead atoms. The Bertz CT molecular complexity index is 1520. The van der Waals surface area contributed by atoms with Crippen LogP contribution >= 0.6 is 0 Å². The zero-order chi connectivity index (χ0) is 27.3. The predicted molar refractivity (Wildman–Crippen MR) is 144 cm³/mol. The highest BCUT2D eigenvalue weighted by Gasteiger charge is 2.21. The molecule has 38 heavy (non-hydrogen) atoms. The van der Waals surface area contributed by atoms with Gasteiger partial charge in [-0.3, -0.25) is 4.72 Å². The molecule has 0 amide bonds.